The predicted octanol–water partition coefficient (Wildman–Crippen LogP) is 3.95. The Morgan fingerprint density at radius 2 is 1.77 bits per heavy atom. The van der Waals surface area contributed by atoms with Crippen LogP contribution < -0.4 is 15.0 Å². The minimum absolute atomic E-state index is 0.0517. The molecule has 2 aliphatic heterocycles. The number of likely N-dealkylation sites (tertiary alicyclic amines) is 1. The van der Waals surface area contributed by atoms with Crippen molar-refractivity contribution in [3.05, 3.63) is 58.2 Å². The van der Waals surface area contributed by atoms with Crippen LogP contribution in [0.5, 0.6) is 5.75 Å². The first-order valence-corrected chi connectivity index (χ1v) is 16.8. The van der Waals surface area contributed by atoms with E-state index in [4.69, 9.17) is 4.74 Å². The first-order valence-electron chi connectivity index (χ1n) is 16.8. The molecule has 10 rings (SSSR count). The second kappa shape index (κ2) is 9.15. The van der Waals surface area contributed by atoms with Gasteiger partial charge >= 0.3 is 6.09 Å². The summed E-state index contributed by atoms with van der Waals surface area (Å²) in [6, 6.07) is 1.83. The standard InChI is InChI=1S/C36H40N6O5/c1-18-12-39-30-25(47-33(46)40(5)9-7-37-4)10-23-21(27(18)30)6-8-41(23)31(44)34-15-35(16-34,17-34)32(45)42-14-22-20(3)36(22)26(42)11-24(43)29-28(36)19(2)13-38-29/h10-13,20,22,37-39H,6-9,14-17H2,1-5H3/t20-,22?,34?,35?,36+/m1/s1. The van der Waals surface area contributed by atoms with Gasteiger partial charge in [-0.15, -0.1) is 0 Å². The van der Waals surface area contributed by atoms with Crippen molar-refractivity contribution in [1.82, 2.24) is 25.1 Å². The molecule has 4 saturated carbocycles. The van der Waals surface area contributed by atoms with E-state index in [2.05, 4.69) is 22.2 Å². The zero-order valence-electron chi connectivity index (χ0n) is 27.5. The second-order valence-corrected chi connectivity index (χ2v) is 15.1. The van der Waals surface area contributed by atoms with Crippen molar-refractivity contribution >= 4 is 40.3 Å². The number of rotatable bonds is 6. The molecule has 0 radical (unpaired) electrons. The Morgan fingerprint density at radius 1 is 1.06 bits per heavy atom. The van der Waals surface area contributed by atoms with E-state index in [1.54, 1.807) is 13.1 Å². The van der Waals surface area contributed by atoms with Crippen molar-refractivity contribution in [1.29, 1.82) is 0 Å². The van der Waals surface area contributed by atoms with Crippen molar-refractivity contribution < 1.29 is 23.9 Å². The summed E-state index contributed by atoms with van der Waals surface area (Å²) in [6.07, 6.45) is 7.37. The van der Waals surface area contributed by atoms with E-state index in [-0.39, 0.29) is 23.0 Å². The third-order valence-electron chi connectivity index (χ3n) is 12.6. The Morgan fingerprint density at radius 3 is 2.49 bits per heavy atom. The van der Waals surface area contributed by atoms with Gasteiger partial charge in [-0.05, 0) is 80.7 Å². The lowest BCUT2D eigenvalue weighted by Gasteiger charge is -2.69. The van der Waals surface area contributed by atoms with Crippen molar-refractivity contribution in [2.75, 3.05) is 45.2 Å². The van der Waals surface area contributed by atoms with Crippen LogP contribution in [0.3, 0.4) is 0 Å². The molecule has 5 aliphatic carbocycles. The number of nitrogens with zero attached hydrogens (tertiary/aromatic N) is 3. The van der Waals surface area contributed by atoms with E-state index < -0.39 is 16.9 Å². The molecule has 4 heterocycles. The Hall–Kier alpha value is -4.38. The van der Waals surface area contributed by atoms with Gasteiger partial charge in [-0.25, -0.2) is 4.79 Å². The molecule has 3 aromatic rings. The lowest BCUT2D eigenvalue weighted by Crippen LogP contribution is -2.72. The predicted molar refractivity (Wildman–Crippen MR) is 174 cm³/mol. The fourth-order valence-corrected chi connectivity index (χ4v) is 10.3. The van der Waals surface area contributed by atoms with Crippen molar-refractivity contribution in [3.63, 3.8) is 0 Å². The van der Waals surface area contributed by atoms with Crippen LogP contribution in [0.15, 0.2) is 30.2 Å². The first kappa shape index (κ1) is 28.8. The molecular formula is C36H40N6O5. The lowest BCUT2D eigenvalue weighted by molar-refractivity contribution is -0.212. The van der Waals surface area contributed by atoms with Gasteiger partial charge in [-0.3, -0.25) is 14.4 Å². The number of nitrogens with one attached hydrogen (secondary N) is 3. The SMILES string of the molecule is CNCCN(C)C(=O)Oc1cc2c(c3c(C)c[nH]c13)CCN2C(=O)C12CC(C(=O)N3CC4[C@@H](C)[C@@]45C3=CC(=O)c3[nH]cc(C)c35)(C1)C2. The van der Waals surface area contributed by atoms with Crippen LogP contribution in [-0.4, -0.2) is 83.7 Å². The Labute approximate surface area is 272 Å². The van der Waals surface area contributed by atoms with E-state index in [1.807, 2.05) is 49.2 Å². The van der Waals surface area contributed by atoms with Gasteiger partial charge in [-0.2, -0.15) is 0 Å². The smallest absolute Gasteiger partial charge is 0.408 e. The Balaban J connectivity index is 0.956. The zero-order chi connectivity index (χ0) is 32.8. The molecular weight excluding hydrogens is 596 g/mol. The summed E-state index contributed by atoms with van der Waals surface area (Å²) in [4.78, 5) is 66.3. The van der Waals surface area contributed by atoms with Crippen LogP contribution in [0.1, 0.15) is 58.9 Å². The van der Waals surface area contributed by atoms with Gasteiger partial charge < -0.3 is 34.7 Å². The number of piperidine rings is 1. The van der Waals surface area contributed by atoms with Crippen LogP contribution in [0.25, 0.3) is 10.9 Å². The van der Waals surface area contributed by atoms with Gasteiger partial charge in [-0.1, -0.05) is 6.92 Å². The quantitative estimate of drug-likeness (QED) is 0.376. The number of allylic oxidation sites excluding steroid dienone is 2. The maximum absolute atomic E-state index is 14.3. The molecule has 1 aromatic carbocycles. The van der Waals surface area contributed by atoms with E-state index in [1.165, 1.54) is 4.90 Å². The lowest BCUT2D eigenvalue weighted by atomic mass is 9.34. The van der Waals surface area contributed by atoms with Crippen molar-refractivity contribution in [2.24, 2.45) is 22.7 Å². The van der Waals surface area contributed by atoms with Crippen LogP contribution in [0.2, 0.25) is 0 Å². The molecule has 11 heteroatoms. The monoisotopic (exact) mass is 636 g/mol. The molecule has 7 aliphatic rings. The van der Waals surface area contributed by atoms with Crippen LogP contribution in [0.4, 0.5) is 10.5 Å². The third kappa shape index (κ3) is 3.40. The van der Waals surface area contributed by atoms with Gasteiger partial charge in [0, 0.05) is 74.3 Å². The number of aromatic amines is 2. The molecule has 3 N–H and O–H groups in total. The van der Waals surface area contributed by atoms with E-state index >= 15 is 0 Å². The number of fused-ring (bicyclic) bond motifs is 4. The average molecular weight is 637 g/mol. The highest BCUT2D eigenvalue weighted by atomic mass is 16.6. The number of ether oxygens (including phenoxy) is 1. The topological polar surface area (TPSA) is 131 Å². The molecule has 3 atom stereocenters. The van der Waals surface area contributed by atoms with E-state index in [0.29, 0.717) is 75.1 Å². The maximum atomic E-state index is 14.3. The summed E-state index contributed by atoms with van der Waals surface area (Å²) < 4.78 is 5.90. The number of ketones is 1. The summed E-state index contributed by atoms with van der Waals surface area (Å²) in [5, 5.41) is 4.03. The minimum Gasteiger partial charge on any atom is -0.408 e. The number of aromatic nitrogens is 2. The maximum Gasteiger partial charge on any atom is 0.415 e. The number of hydrogen-bond acceptors (Lipinski definition) is 6. The van der Waals surface area contributed by atoms with E-state index in [9.17, 15) is 19.2 Å². The van der Waals surface area contributed by atoms with Crippen molar-refractivity contribution in [2.45, 2.75) is 51.9 Å². The van der Waals surface area contributed by atoms with E-state index in [0.717, 1.165) is 44.5 Å². The van der Waals surface area contributed by atoms with Crippen LogP contribution in [-0.2, 0) is 21.4 Å². The van der Waals surface area contributed by atoms with Gasteiger partial charge in [0.1, 0.15) is 0 Å². The molecule has 1 saturated heterocycles. The minimum atomic E-state index is -0.557. The number of carbonyl (C=O) groups excluding carboxylic acids is 4. The molecule has 2 bridgehead atoms. The summed E-state index contributed by atoms with van der Waals surface area (Å²) >= 11 is 0. The van der Waals surface area contributed by atoms with Gasteiger partial charge in [0.05, 0.1) is 27.7 Å². The highest BCUT2D eigenvalue weighted by molar-refractivity contribution is 6.10. The van der Waals surface area contributed by atoms with Crippen LogP contribution in [0, 0.1) is 36.5 Å². The fourth-order valence-electron chi connectivity index (χ4n) is 10.3. The molecule has 47 heavy (non-hydrogen) atoms. The number of hydrogen-bond donors (Lipinski definition) is 3. The second-order valence-electron chi connectivity index (χ2n) is 15.1. The number of amides is 3. The number of H-pyrrole nitrogens is 2. The summed E-state index contributed by atoms with van der Waals surface area (Å²) in [7, 11) is 3.53. The average Bonchev–Trinajstić information content (AvgIpc) is 3.57. The normalized spacial score (nSPS) is 30.6. The highest BCUT2D eigenvalue weighted by Crippen LogP contribution is 2.77. The summed E-state index contributed by atoms with van der Waals surface area (Å²) in [6.45, 7) is 8.61. The summed E-state index contributed by atoms with van der Waals surface area (Å²) in [5.41, 5.74) is 5.99. The first-order chi connectivity index (χ1) is 22.5. The number of carbonyl (C=O) groups is 4. The number of anilines is 1. The molecule has 2 aromatic heterocycles. The van der Waals surface area contributed by atoms with Crippen LogP contribution >= 0.6 is 0 Å². The molecule has 244 valence electrons. The number of benzene rings is 1. The number of aryl methyl sites for hydroxylation is 2. The Kier molecular flexibility index (Phi) is 5.61. The molecule has 5 fully saturated rings. The Bertz CT molecular complexity index is 1980. The largest absolute Gasteiger partial charge is 0.415 e. The molecule has 1 spiro atoms. The zero-order valence-corrected chi connectivity index (χ0v) is 27.5. The summed E-state index contributed by atoms with van der Waals surface area (Å²) in [5.74, 6) is 1.15. The number of likely N-dealkylation sites (N-methyl/N-ethyl adjacent to an activating group) is 2. The third-order valence-corrected chi connectivity index (χ3v) is 12.6. The highest BCUT2D eigenvalue weighted by Gasteiger charge is 2.79. The molecule has 11 nitrogen and oxygen atoms in total. The van der Waals surface area contributed by atoms with Gasteiger partial charge in [0.25, 0.3) is 0 Å². The van der Waals surface area contributed by atoms with Gasteiger partial charge in [0.2, 0.25) is 17.6 Å². The fraction of sp³-hybridized carbons (Fsp3) is 0.500. The molecule has 3 amide bonds. The van der Waals surface area contributed by atoms with Gasteiger partial charge in [0.15, 0.2) is 5.75 Å². The van der Waals surface area contributed by atoms with Crippen molar-refractivity contribution in [3.8, 4) is 5.75 Å². The molecule has 1 unspecified atom stereocenters.